The van der Waals surface area contributed by atoms with Crippen molar-refractivity contribution in [2.45, 2.75) is 373 Å². The van der Waals surface area contributed by atoms with Crippen LogP contribution in [0.4, 0.5) is 0 Å². The fourth-order valence-corrected chi connectivity index (χ4v) is 10.2. The van der Waals surface area contributed by atoms with Crippen molar-refractivity contribution >= 4 is 11.9 Å². The Labute approximate surface area is 450 Å². The van der Waals surface area contributed by atoms with Crippen molar-refractivity contribution in [3.05, 3.63) is 24.3 Å². The molecule has 1 amide bonds. The molecule has 72 heavy (non-hydrogen) atoms. The lowest BCUT2D eigenvalue weighted by Gasteiger charge is -2.20. The van der Waals surface area contributed by atoms with Crippen molar-refractivity contribution in [3.63, 3.8) is 0 Å². The minimum absolute atomic E-state index is 0.0199. The summed E-state index contributed by atoms with van der Waals surface area (Å²) in [6.45, 7) is 4.91. The van der Waals surface area contributed by atoms with Crippen molar-refractivity contribution in [1.29, 1.82) is 0 Å². The number of carbonyl (C=O) groups is 2. The smallest absolute Gasteiger partial charge is 0.305 e. The highest BCUT2D eigenvalue weighted by molar-refractivity contribution is 5.76. The topological polar surface area (TPSA) is 95.9 Å². The maximum Gasteiger partial charge on any atom is 0.305 e. The molecular weight excluding hydrogens is 887 g/mol. The van der Waals surface area contributed by atoms with Crippen LogP contribution >= 0.6 is 0 Å². The van der Waals surface area contributed by atoms with E-state index in [1.54, 1.807) is 6.08 Å². The lowest BCUT2D eigenvalue weighted by atomic mass is 10.0. The van der Waals surface area contributed by atoms with Crippen LogP contribution in [0, 0.1) is 0 Å². The van der Waals surface area contributed by atoms with E-state index in [0.29, 0.717) is 19.4 Å². The van der Waals surface area contributed by atoms with Gasteiger partial charge in [0, 0.05) is 12.8 Å². The lowest BCUT2D eigenvalue weighted by molar-refractivity contribution is -0.143. The van der Waals surface area contributed by atoms with Gasteiger partial charge in [-0.25, -0.2) is 0 Å². The molecule has 426 valence electrons. The highest BCUT2D eigenvalue weighted by atomic mass is 16.5. The van der Waals surface area contributed by atoms with E-state index in [9.17, 15) is 19.8 Å². The normalized spacial score (nSPS) is 12.7. The third-order valence-corrected chi connectivity index (χ3v) is 15.2. The van der Waals surface area contributed by atoms with E-state index in [0.717, 1.165) is 38.5 Å². The number of carbonyl (C=O) groups excluding carboxylic acids is 2. The van der Waals surface area contributed by atoms with Crippen LogP contribution in [0.15, 0.2) is 24.3 Å². The van der Waals surface area contributed by atoms with Crippen LogP contribution < -0.4 is 5.32 Å². The fraction of sp³-hybridized carbons (Fsp3) is 0.909. The van der Waals surface area contributed by atoms with Gasteiger partial charge in [0.25, 0.3) is 0 Å². The van der Waals surface area contributed by atoms with Crippen LogP contribution in [-0.4, -0.2) is 47.4 Å². The fourth-order valence-electron chi connectivity index (χ4n) is 10.2. The number of ether oxygens (including phenoxy) is 1. The molecule has 0 aliphatic rings. The number of aliphatic hydroxyl groups is 2. The van der Waals surface area contributed by atoms with Crippen molar-refractivity contribution < 1.29 is 24.5 Å². The molecule has 0 aliphatic carbocycles. The van der Waals surface area contributed by atoms with Gasteiger partial charge >= 0.3 is 5.97 Å². The number of nitrogens with one attached hydrogen (secondary N) is 1. The summed E-state index contributed by atoms with van der Waals surface area (Å²) in [5, 5.41) is 23.0. The average Bonchev–Trinajstić information content (AvgIpc) is 3.38. The van der Waals surface area contributed by atoms with Gasteiger partial charge in [-0.1, -0.05) is 314 Å². The number of allylic oxidation sites excluding steroid dienone is 3. The van der Waals surface area contributed by atoms with E-state index in [1.165, 1.54) is 295 Å². The first-order valence-electron chi connectivity index (χ1n) is 32.6. The van der Waals surface area contributed by atoms with E-state index < -0.39 is 12.1 Å². The van der Waals surface area contributed by atoms with Gasteiger partial charge in [-0.05, 0) is 57.8 Å². The predicted octanol–water partition coefficient (Wildman–Crippen LogP) is 20.6. The Morgan fingerprint density at radius 3 is 0.986 bits per heavy atom. The van der Waals surface area contributed by atoms with E-state index in [1.807, 2.05) is 6.08 Å². The lowest BCUT2D eigenvalue weighted by Crippen LogP contribution is -2.45. The molecule has 0 heterocycles. The summed E-state index contributed by atoms with van der Waals surface area (Å²) in [5.74, 6) is -0.0480. The number of esters is 1. The van der Waals surface area contributed by atoms with Crippen LogP contribution in [0.1, 0.15) is 361 Å². The summed E-state index contributed by atoms with van der Waals surface area (Å²) < 4.78 is 5.50. The average molecular weight is 1010 g/mol. The maximum atomic E-state index is 12.4. The summed E-state index contributed by atoms with van der Waals surface area (Å²) in [4.78, 5) is 24.5. The standard InChI is InChI=1S/C66H127NO5/c1-3-5-7-9-11-13-15-16-17-34-37-40-44-48-52-56-60-66(71)72-61-57-53-49-45-41-38-35-32-30-28-26-24-22-20-18-19-21-23-25-27-29-31-33-36-39-43-47-51-55-59-65(70)67-63(62-68)64(69)58-54-50-46-42-14-12-10-8-6-4-2/h18,20,54,58,63-64,68-69H,3-17,19,21-53,55-57,59-62H2,1-2H3,(H,67,70)/b20-18-,58-54+. The van der Waals surface area contributed by atoms with E-state index in [2.05, 4.69) is 31.3 Å². The Bertz CT molecular complexity index is 1120. The zero-order chi connectivity index (χ0) is 52.2. The molecule has 0 bridgehead atoms. The molecule has 2 unspecified atom stereocenters. The first kappa shape index (κ1) is 70.3. The quantitative estimate of drug-likeness (QED) is 0.0320. The molecule has 0 aromatic carbocycles. The number of amides is 1. The monoisotopic (exact) mass is 1010 g/mol. The molecule has 0 radical (unpaired) electrons. The van der Waals surface area contributed by atoms with Crippen LogP contribution in [-0.2, 0) is 14.3 Å². The first-order chi connectivity index (χ1) is 35.5. The SMILES string of the molecule is CCCCCCCCCC/C=C/C(O)C(CO)NC(=O)CCCCCCCCCCCCCCC/C=C\CCCCCCCCCCCCCCOC(=O)CCCCCCCCCCCCCCCCCC. The molecular formula is C66H127NO5. The van der Waals surface area contributed by atoms with E-state index in [4.69, 9.17) is 4.74 Å². The second-order valence-corrected chi connectivity index (χ2v) is 22.5. The zero-order valence-corrected chi connectivity index (χ0v) is 48.7. The predicted molar refractivity (Wildman–Crippen MR) is 315 cm³/mol. The van der Waals surface area contributed by atoms with E-state index in [-0.39, 0.29) is 18.5 Å². The molecule has 0 saturated heterocycles. The molecule has 3 N–H and O–H groups in total. The van der Waals surface area contributed by atoms with Gasteiger partial charge in [-0.15, -0.1) is 0 Å². The van der Waals surface area contributed by atoms with Crippen molar-refractivity contribution in [2.24, 2.45) is 0 Å². The van der Waals surface area contributed by atoms with Crippen molar-refractivity contribution in [1.82, 2.24) is 5.32 Å². The zero-order valence-electron chi connectivity index (χ0n) is 48.7. The molecule has 0 aromatic heterocycles. The largest absolute Gasteiger partial charge is 0.466 e. The van der Waals surface area contributed by atoms with Gasteiger partial charge in [-0.2, -0.15) is 0 Å². The molecule has 0 saturated carbocycles. The summed E-state index contributed by atoms with van der Waals surface area (Å²) in [5.41, 5.74) is 0. The van der Waals surface area contributed by atoms with Gasteiger partial charge in [0.05, 0.1) is 25.4 Å². The van der Waals surface area contributed by atoms with Crippen LogP contribution in [0.2, 0.25) is 0 Å². The minimum Gasteiger partial charge on any atom is -0.466 e. The third-order valence-electron chi connectivity index (χ3n) is 15.2. The van der Waals surface area contributed by atoms with Gasteiger partial charge in [0.1, 0.15) is 0 Å². The van der Waals surface area contributed by atoms with Gasteiger partial charge in [0.2, 0.25) is 5.91 Å². The summed E-state index contributed by atoms with van der Waals surface area (Å²) in [7, 11) is 0. The van der Waals surface area contributed by atoms with Crippen LogP contribution in [0.3, 0.4) is 0 Å². The number of hydrogen-bond acceptors (Lipinski definition) is 5. The number of unbranched alkanes of at least 4 members (excludes halogenated alkanes) is 48. The number of aliphatic hydroxyl groups excluding tert-OH is 2. The Hall–Kier alpha value is -1.66. The number of hydrogen-bond donors (Lipinski definition) is 3. The Kier molecular flexibility index (Phi) is 60.5. The number of rotatable bonds is 61. The van der Waals surface area contributed by atoms with E-state index >= 15 is 0 Å². The highest BCUT2D eigenvalue weighted by Gasteiger charge is 2.18. The van der Waals surface area contributed by atoms with Gasteiger partial charge < -0.3 is 20.3 Å². The molecule has 2 atom stereocenters. The summed E-state index contributed by atoms with van der Waals surface area (Å²) in [6, 6.07) is -0.625. The Morgan fingerprint density at radius 1 is 0.375 bits per heavy atom. The van der Waals surface area contributed by atoms with Crippen LogP contribution in [0.5, 0.6) is 0 Å². The molecule has 0 spiro atoms. The van der Waals surface area contributed by atoms with Gasteiger partial charge in [0.15, 0.2) is 0 Å². The third kappa shape index (κ3) is 57.6. The molecule has 6 heteroatoms. The molecule has 0 aliphatic heterocycles. The maximum absolute atomic E-state index is 12.4. The molecule has 0 aromatic rings. The van der Waals surface area contributed by atoms with Gasteiger partial charge in [-0.3, -0.25) is 9.59 Å². The molecule has 0 rings (SSSR count). The molecule has 0 fully saturated rings. The highest BCUT2D eigenvalue weighted by Crippen LogP contribution is 2.18. The van der Waals surface area contributed by atoms with Crippen LogP contribution in [0.25, 0.3) is 0 Å². The Morgan fingerprint density at radius 2 is 0.653 bits per heavy atom. The van der Waals surface area contributed by atoms with Crippen molar-refractivity contribution in [3.8, 4) is 0 Å². The van der Waals surface area contributed by atoms with Crippen molar-refractivity contribution in [2.75, 3.05) is 13.2 Å². The molecule has 6 nitrogen and oxygen atoms in total. The first-order valence-corrected chi connectivity index (χ1v) is 32.6. The Balaban J connectivity index is 3.34. The minimum atomic E-state index is -0.841. The second kappa shape index (κ2) is 61.9. The summed E-state index contributed by atoms with van der Waals surface area (Å²) >= 11 is 0. The summed E-state index contributed by atoms with van der Waals surface area (Å²) in [6.07, 6.45) is 76.8. The second-order valence-electron chi connectivity index (χ2n) is 22.5.